The van der Waals surface area contributed by atoms with Crippen LogP contribution in [0.3, 0.4) is 0 Å². The average Bonchev–Trinajstić information content (AvgIpc) is 2.82. The van der Waals surface area contributed by atoms with Crippen LogP contribution >= 0.6 is 11.3 Å². The zero-order valence-corrected chi connectivity index (χ0v) is 11.1. The number of thiophene rings is 1. The van der Waals surface area contributed by atoms with Gasteiger partial charge in [0, 0.05) is 10.4 Å². The number of benzene rings is 1. The number of nitrogens with zero attached hydrogens (tertiary/aromatic N) is 1. The van der Waals surface area contributed by atoms with Crippen LogP contribution in [-0.2, 0) is 6.42 Å². The van der Waals surface area contributed by atoms with Crippen molar-refractivity contribution in [3.63, 3.8) is 0 Å². The minimum absolute atomic E-state index is 0.140. The van der Waals surface area contributed by atoms with Gasteiger partial charge >= 0.3 is 0 Å². The summed E-state index contributed by atoms with van der Waals surface area (Å²) < 4.78 is 0. The summed E-state index contributed by atoms with van der Waals surface area (Å²) in [6, 6.07) is 8.58. The summed E-state index contributed by atoms with van der Waals surface area (Å²) >= 11 is 1.53. The van der Waals surface area contributed by atoms with E-state index in [1.807, 2.05) is 6.07 Å². The van der Waals surface area contributed by atoms with E-state index >= 15 is 0 Å². The van der Waals surface area contributed by atoms with Crippen molar-refractivity contribution in [1.29, 1.82) is 0 Å². The summed E-state index contributed by atoms with van der Waals surface area (Å²) in [6.45, 7) is 2.05. The van der Waals surface area contributed by atoms with E-state index in [1.54, 1.807) is 24.3 Å². The summed E-state index contributed by atoms with van der Waals surface area (Å²) in [5.74, 6) is 0.638. The number of fused-ring (bicyclic) bond motifs is 1. The Hall–Kier alpha value is -2.14. The molecule has 0 fully saturated rings. The largest absolute Gasteiger partial charge is 0.508 e. The van der Waals surface area contributed by atoms with Crippen molar-refractivity contribution in [1.82, 2.24) is 9.97 Å². The molecule has 0 bridgehead atoms. The molecule has 5 heteroatoms. The van der Waals surface area contributed by atoms with Gasteiger partial charge in [-0.1, -0.05) is 19.1 Å². The maximum Gasteiger partial charge on any atom is 0.259 e. The molecule has 0 unspecified atom stereocenters. The number of aryl methyl sites for hydroxylation is 1. The first kappa shape index (κ1) is 11.9. The molecule has 0 spiro atoms. The monoisotopic (exact) mass is 272 g/mol. The minimum Gasteiger partial charge on any atom is -0.508 e. The van der Waals surface area contributed by atoms with Crippen LogP contribution in [0.25, 0.3) is 21.6 Å². The van der Waals surface area contributed by atoms with Crippen LogP contribution in [0.15, 0.2) is 35.1 Å². The molecule has 2 N–H and O–H groups in total. The van der Waals surface area contributed by atoms with Gasteiger partial charge in [-0.05, 0) is 24.6 Å². The smallest absolute Gasteiger partial charge is 0.259 e. The van der Waals surface area contributed by atoms with Gasteiger partial charge in [-0.3, -0.25) is 4.79 Å². The Labute approximate surface area is 113 Å². The van der Waals surface area contributed by atoms with Crippen LogP contribution in [-0.4, -0.2) is 15.1 Å². The van der Waals surface area contributed by atoms with E-state index in [1.165, 1.54) is 11.3 Å². The van der Waals surface area contributed by atoms with Crippen LogP contribution < -0.4 is 5.56 Å². The molecular weight excluding hydrogens is 260 g/mol. The highest BCUT2D eigenvalue weighted by Crippen LogP contribution is 2.25. The van der Waals surface area contributed by atoms with Crippen molar-refractivity contribution in [3.8, 4) is 17.1 Å². The summed E-state index contributed by atoms with van der Waals surface area (Å²) in [5.41, 5.74) is 0.560. The topological polar surface area (TPSA) is 66.0 Å². The third-order valence-corrected chi connectivity index (χ3v) is 4.09. The molecule has 0 aliphatic rings. The Morgan fingerprint density at radius 3 is 2.95 bits per heavy atom. The molecule has 19 heavy (non-hydrogen) atoms. The second-order valence-corrected chi connectivity index (χ2v) is 5.37. The van der Waals surface area contributed by atoms with Gasteiger partial charge in [0.25, 0.3) is 5.56 Å². The first-order valence-electron chi connectivity index (χ1n) is 5.99. The second kappa shape index (κ2) is 4.51. The number of phenols is 1. The number of nitrogens with one attached hydrogen (secondary N) is 1. The number of hydrogen-bond donors (Lipinski definition) is 2. The molecule has 1 aromatic carbocycles. The molecule has 0 aliphatic heterocycles. The lowest BCUT2D eigenvalue weighted by Gasteiger charge is -2.01. The molecule has 2 aromatic heterocycles. The van der Waals surface area contributed by atoms with Crippen molar-refractivity contribution in [2.24, 2.45) is 0 Å². The SMILES string of the molecule is CCc1cc2c(=O)[nH]c(-c3cccc(O)c3)nc2s1. The second-order valence-electron chi connectivity index (χ2n) is 4.25. The van der Waals surface area contributed by atoms with Gasteiger partial charge < -0.3 is 10.1 Å². The zero-order valence-electron chi connectivity index (χ0n) is 10.3. The van der Waals surface area contributed by atoms with Crippen molar-refractivity contribution < 1.29 is 5.11 Å². The van der Waals surface area contributed by atoms with Gasteiger partial charge in [-0.15, -0.1) is 11.3 Å². The van der Waals surface area contributed by atoms with E-state index in [0.29, 0.717) is 16.8 Å². The third kappa shape index (κ3) is 2.13. The Balaban J connectivity index is 2.23. The van der Waals surface area contributed by atoms with E-state index in [2.05, 4.69) is 16.9 Å². The average molecular weight is 272 g/mol. The lowest BCUT2D eigenvalue weighted by atomic mass is 10.2. The van der Waals surface area contributed by atoms with E-state index in [-0.39, 0.29) is 11.3 Å². The molecular formula is C14H12N2O2S. The number of hydrogen-bond acceptors (Lipinski definition) is 4. The standard InChI is InChI=1S/C14H12N2O2S/c1-2-10-7-11-13(18)15-12(16-14(11)19-10)8-4-3-5-9(17)6-8/h3-7,17H,2H2,1H3,(H,15,16,18). The predicted octanol–water partition coefficient (Wildman–Crippen LogP) is 2.92. The quantitative estimate of drug-likeness (QED) is 0.753. The lowest BCUT2D eigenvalue weighted by molar-refractivity contribution is 0.475. The maximum atomic E-state index is 12.0. The normalized spacial score (nSPS) is 11.0. The molecule has 0 radical (unpaired) electrons. The molecule has 3 aromatic rings. The number of phenolic OH excluding ortho intramolecular Hbond substituents is 1. The molecule has 3 rings (SSSR count). The molecule has 4 nitrogen and oxygen atoms in total. The highest BCUT2D eigenvalue weighted by Gasteiger charge is 2.09. The summed E-state index contributed by atoms with van der Waals surface area (Å²) in [6.07, 6.45) is 0.891. The van der Waals surface area contributed by atoms with E-state index in [9.17, 15) is 9.90 Å². The number of H-pyrrole nitrogens is 1. The number of aromatic nitrogens is 2. The van der Waals surface area contributed by atoms with Crippen molar-refractivity contribution >= 4 is 21.6 Å². The van der Waals surface area contributed by atoms with Crippen LogP contribution in [0.4, 0.5) is 0 Å². The number of rotatable bonds is 2. The van der Waals surface area contributed by atoms with Crippen molar-refractivity contribution in [3.05, 3.63) is 45.6 Å². The Morgan fingerprint density at radius 1 is 1.37 bits per heavy atom. The minimum atomic E-state index is -0.140. The Morgan fingerprint density at radius 2 is 2.21 bits per heavy atom. The van der Waals surface area contributed by atoms with Crippen molar-refractivity contribution in [2.75, 3.05) is 0 Å². The molecule has 2 heterocycles. The lowest BCUT2D eigenvalue weighted by Crippen LogP contribution is -2.07. The van der Waals surface area contributed by atoms with E-state index in [4.69, 9.17) is 0 Å². The van der Waals surface area contributed by atoms with E-state index < -0.39 is 0 Å². The fourth-order valence-electron chi connectivity index (χ4n) is 1.95. The Kier molecular flexibility index (Phi) is 2.83. The van der Waals surface area contributed by atoms with Crippen LogP contribution in [0.2, 0.25) is 0 Å². The highest BCUT2D eigenvalue weighted by atomic mass is 32.1. The molecule has 0 aliphatic carbocycles. The van der Waals surface area contributed by atoms with Gasteiger partial charge in [0.1, 0.15) is 16.4 Å². The molecule has 0 saturated heterocycles. The third-order valence-electron chi connectivity index (χ3n) is 2.92. The van der Waals surface area contributed by atoms with Gasteiger partial charge in [-0.25, -0.2) is 4.98 Å². The van der Waals surface area contributed by atoms with Gasteiger partial charge in [0.2, 0.25) is 0 Å². The molecule has 0 atom stereocenters. The molecule has 0 saturated carbocycles. The summed E-state index contributed by atoms with van der Waals surface area (Å²) in [5, 5.41) is 10.1. The summed E-state index contributed by atoms with van der Waals surface area (Å²) in [7, 11) is 0. The first-order chi connectivity index (χ1) is 9.17. The predicted molar refractivity (Wildman–Crippen MR) is 76.7 cm³/mol. The molecule has 96 valence electrons. The van der Waals surface area contributed by atoms with Gasteiger partial charge in [0.15, 0.2) is 0 Å². The van der Waals surface area contributed by atoms with Crippen LogP contribution in [0, 0.1) is 0 Å². The van der Waals surface area contributed by atoms with E-state index in [0.717, 1.165) is 16.1 Å². The molecule has 0 amide bonds. The van der Waals surface area contributed by atoms with Gasteiger partial charge in [0.05, 0.1) is 5.39 Å². The van der Waals surface area contributed by atoms with Crippen molar-refractivity contribution in [2.45, 2.75) is 13.3 Å². The fourth-order valence-corrected chi connectivity index (χ4v) is 2.91. The zero-order chi connectivity index (χ0) is 13.4. The van der Waals surface area contributed by atoms with Crippen LogP contribution in [0.1, 0.15) is 11.8 Å². The van der Waals surface area contributed by atoms with Gasteiger partial charge in [-0.2, -0.15) is 0 Å². The fraction of sp³-hybridized carbons (Fsp3) is 0.143. The number of aromatic hydroxyl groups is 1. The number of aromatic amines is 1. The maximum absolute atomic E-state index is 12.0. The first-order valence-corrected chi connectivity index (χ1v) is 6.81. The van der Waals surface area contributed by atoms with Crippen LogP contribution in [0.5, 0.6) is 5.75 Å². The highest BCUT2D eigenvalue weighted by molar-refractivity contribution is 7.18. The summed E-state index contributed by atoms with van der Waals surface area (Å²) in [4.78, 5) is 21.1. The Bertz CT molecular complexity index is 805.